The van der Waals surface area contributed by atoms with Gasteiger partial charge in [0.2, 0.25) is 0 Å². The van der Waals surface area contributed by atoms with E-state index in [1.807, 2.05) is 18.0 Å². The average Bonchev–Trinajstić information content (AvgIpc) is 2.79. The van der Waals surface area contributed by atoms with Gasteiger partial charge in [0, 0.05) is 29.1 Å². The first-order valence-electron chi connectivity index (χ1n) is 5.75. The Kier molecular flexibility index (Phi) is 5.09. The molecule has 0 aromatic carbocycles. The molecule has 0 amide bonds. The number of hydrogen-bond acceptors (Lipinski definition) is 5. The molecular weight excluding hydrogens is 240 g/mol. The molecule has 16 heavy (non-hydrogen) atoms. The minimum atomic E-state index is 0.226. The molecule has 1 aromatic heterocycles. The number of aromatic nitrogens is 1. The summed E-state index contributed by atoms with van der Waals surface area (Å²) in [6.07, 6.45) is 3.38. The summed E-state index contributed by atoms with van der Waals surface area (Å²) >= 11 is 3.73. The zero-order valence-corrected chi connectivity index (χ0v) is 11.2. The van der Waals surface area contributed by atoms with E-state index in [1.165, 1.54) is 11.3 Å². The lowest BCUT2D eigenvalue weighted by atomic mass is 10.4. The number of hydrogen-bond donors (Lipinski definition) is 1. The summed E-state index contributed by atoms with van der Waals surface area (Å²) in [5, 5.41) is 4.53. The average molecular weight is 258 g/mol. The van der Waals surface area contributed by atoms with E-state index in [-0.39, 0.29) is 6.10 Å². The Balaban J connectivity index is 1.85. The third-order valence-electron chi connectivity index (χ3n) is 2.39. The molecule has 2 rings (SSSR count). The van der Waals surface area contributed by atoms with Gasteiger partial charge in [0.15, 0.2) is 0 Å². The first-order valence-corrected chi connectivity index (χ1v) is 7.72. The van der Waals surface area contributed by atoms with Gasteiger partial charge in [-0.2, -0.15) is 11.8 Å². The van der Waals surface area contributed by atoms with Crippen LogP contribution in [0.2, 0.25) is 0 Å². The zero-order valence-electron chi connectivity index (χ0n) is 9.57. The molecule has 1 N–H and O–H groups in total. The number of thioether (sulfide) groups is 1. The molecule has 0 aliphatic carbocycles. The number of nitrogens with zero attached hydrogens (tertiary/aromatic N) is 1. The van der Waals surface area contributed by atoms with Gasteiger partial charge < -0.3 is 10.1 Å². The summed E-state index contributed by atoms with van der Waals surface area (Å²) in [6.45, 7) is 5.05. The molecule has 2 heterocycles. The van der Waals surface area contributed by atoms with Gasteiger partial charge in [-0.3, -0.25) is 0 Å². The molecular formula is C11H18N2OS2. The van der Waals surface area contributed by atoms with Gasteiger partial charge in [-0.05, 0) is 13.0 Å². The molecule has 0 spiro atoms. The molecule has 0 saturated carbocycles. The van der Waals surface area contributed by atoms with Crippen LogP contribution in [-0.2, 0) is 11.3 Å². The second-order valence-corrected chi connectivity index (χ2v) is 6.07. The maximum absolute atomic E-state index is 5.71. The van der Waals surface area contributed by atoms with Crippen molar-refractivity contribution in [3.8, 4) is 0 Å². The van der Waals surface area contributed by atoms with Crippen LogP contribution in [0, 0.1) is 0 Å². The highest BCUT2D eigenvalue weighted by Crippen LogP contribution is 2.29. The van der Waals surface area contributed by atoms with E-state index in [0.717, 1.165) is 36.2 Å². The molecule has 1 aromatic rings. The van der Waals surface area contributed by atoms with Gasteiger partial charge >= 0.3 is 0 Å². The first-order chi connectivity index (χ1) is 7.90. The quantitative estimate of drug-likeness (QED) is 0.823. The van der Waals surface area contributed by atoms with Gasteiger partial charge in [-0.15, -0.1) is 11.3 Å². The summed E-state index contributed by atoms with van der Waals surface area (Å²) in [4.78, 5) is 5.77. The number of ether oxygens (including phenoxy) is 1. The Bertz CT molecular complexity index is 311. The zero-order chi connectivity index (χ0) is 11.2. The highest BCUT2D eigenvalue weighted by Gasteiger charge is 2.19. The van der Waals surface area contributed by atoms with Gasteiger partial charge in [0.05, 0.1) is 6.61 Å². The van der Waals surface area contributed by atoms with E-state index in [0.29, 0.717) is 0 Å². The summed E-state index contributed by atoms with van der Waals surface area (Å²) < 4.78 is 5.71. The van der Waals surface area contributed by atoms with E-state index < -0.39 is 0 Å². The smallest absolute Gasteiger partial charge is 0.123 e. The molecule has 90 valence electrons. The van der Waals surface area contributed by atoms with E-state index in [2.05, 4.69) is 17.2 Å². The van der Waals surface area contributed by atoms with Crippen molar-refractivity contribution < 1.29 is 4.74 Å². The number of rotatable bonds is 5. The predicted molar refractivity (Wildman–Crippen MR) is 70.1 cm³/mol. The maximum Gasteiger partial charge on any atom is 0.123 e. The highest BCUT2D eigenvalue weighted by atomic mass is 32.2. The summed E-state index contributed by atoms with van der Waals surface area (Å²) in [6, 6.07) is 0. The van der Waals surface area contributed by atoms with Crippen LogP contribution in [0.1, 0.15) is 29.3 Å². The van der Waals surface area contributed by atoms with Crippen molar-refractivity contribution in [2.45, 2.75) is 26.0 Å². The van der Waals surface area contributed by atoms with Crippen molar-refractivity contribution in [3.05, 3.63) is 16.1 Å². The minimum Gasteiger partial charge on any atom is -0.369 e. The lowest BCUT2D eigenvalue weighted by molar-refractivity contribution is 0.0755. The third-order valence-corrected chi connectivity index (χ3v) is 4.47. The van der Waals surface area contributed by atoms with Crippen LogP contribution in [0.3, 0.4) is 0 Å². The second kappa shape index (κ2) is 6.59. The van der Waals surface area contributed by atoms with Crippen LogP contribution in [0.4, 0.5) is 0 Å². The van der Waals surface area contributed by atoms with Crippen molar-refractivity contribution in [3.63, 3.8) is 0 Å². The van der Waals surface area contributed by atoms with Crippen LogP contribution in [-0.4, -0.2) is 29.6 Å². The van der Waals surface area contributed by atoms with Gasteiger partial charge in [0.1, 0.15) is 11.1 Å². The molecule has 1 aliphatic heterocycles. The Morgan fingerprint density at radius 2 is 2.56 bits per heavy atom. The van der Waals surface area contributed by atoms with E-state index in [4.69, 9.17) is 4.74 Å². The standard InChI is InChI=1S/C11H18N2OS2/c1-2-3-12-6-9-7-13-11(16-9)10-8-15-5-4-14-10/h7,10,12H,2-6,8H2,1H3. The fourth-order valence-electron chi connectivity index (χ4n) is 1.57. The number of nitrogens with one attached hydrogen (secondary N) is 1. The molecule has 3 nitrogen and oxygen atoms in total. The van der Waals surface area contributed by atoms with Gasteiger partial charge in [-0.1, -0.05) is 6.92 Å². The lowest BCUT2D eigenvalue weighted by Gasteiger charge is -2.19. The van der Waals surface area contributed by atoms with Crippen LogP contribution in [0.25, 0.3) is 0 Å². The van der Waals surface area contributed by atoms with Gasteiger partial charge in [0.25, 0.3) is 0 Å². The topological polar surface area (TPSA) is 34.2 Å². The molecule has 1 saturated heterocycles. The second-order valence-electron chi connectivity index (χ2n) is 3.78. The molecule has 0 radical (unpaired) electrons. The Morgan fingerprint density at radius 3 is 3.31 bits per heavy atom. The van der Waals surface area contributed by atoms with Crippen molar-refractivity contribution in [2.24, 2.45) is 0 Å². The molecule has 1 aliphatic rings. The third kappa shape index (κ3) is 3.45. The van der Waals surface area contributed by atoms with Crippen LogP contribution in [0.15, 0.2) is 6.20 Å². The highest BCUT2D eigenvalue weighted by molar-refractivity contribution is 7.99. The fraction of sp³-hybridized carbons (Fsp3) is 0.727. The molecule has 1 atom stereocenters. The largest absolute Gasteiger partial charge is 0.369 e. The van der Waals surface area contributed by atoms with Gasteiger partial charge in [-0.25, -0.2) is 4.98 Å². The SMILES string of the molecule is CCCNCc1cnc(C2CSCCO2)s1. The normalized spacial score (nSPS) is 21.2. The van der Waals surface area contributed by atoms with E-state index in [1.54, 1.807) is 11.3 Å². The van der Waals surface area contributed by atoms with Crippen LogP contribution >= 0.6 is 23.1 Å². The van der Waals surface area contributed by atoms with E-state index in [9.17, 15) is 0 Å². The van der Waals surface area contributed by atoms with Crippen molar-refractivity contribution >= 4 is 23.1 Å². The summed E-state index contributed by atoms with van der Waals surface area (Å²) in [7, 11) is 0. The summed E-state index contributed by atoms with van der Waals surface area (Å²) in [5.74, 6) is 2.17. The molecule has 5 heteroatoms. The molecule has 0 bridgehead atoms. The fourth-order valence-corrected chi connectivity index (χ4v) is 3.46. The monoisotopic (exact) mass is 258 g/mol. The van der Waals surface area contributed by atoms with E-state index >= 15 is 0 Å². The van der Waals surface area contributed by atoms with Crippen molar-refractivity contribution in [1.82, 2.24) is 10.3 Å². The first kappa shape index (κ1) is 12.4. The minimum absolute atomic E-state index is 0.226. The Morgan fingerprint density at radius 1 is 1.62 bits per heavy atom. The Labute approximate surface area is 105 Å². The van der Waals surface area contributed by atoms with Crippen LogP contribution < -0.4 is 5.32 Å². The maximum atomic E-state index is 5.71. The molecule has 1 fully saturated rings. The van der Waals surface area contributed by atoms with Crippen molar-refractivity contribution in [2.75, 3.05) is 24.7 Å². The van der Waals surface area contributed by atoms with Crippen LogP contribution in [0.5, 0.6) is 0 Å². The predicted octanol–water partition coefficient (Wildman–Crippen LogP) is 2.45. The van der Waals surface area contributed by atoms with Crippen molar-refractivity contribution in [1.29, 1.82) is 0 Å². The molecule has 1 unspecified atom stereocenters. The lowest BCUT2D eigenvalue weighted by Crippen LogP contribution is -2.15. The Hall–Kier alpha value is -0.100. The summed E-state index contributed by atoms with van der Waals surface area (Å²) in [5.41, 5.74) is 0. The number of thiazole rings is 1.